The van der Waals surface area contributed by atoms with Gasteiger partial charge in [0.1, 0.15) is 0 Å². The van der Waals surface area contributed by atoms with Crippen molar-refractivity contribution in [2.45, 2.75) is 59.0 Å². The first-order valence-corrected chi connectivity index (χ1v) is 6.67. The van der Waals surface area contributed by atoms with Crippen LogP contribution in [0.15, 0.2) is 0 Å². The molecule has 90 valence electrons. The van der Waals surface area contributed by atoms with Crippen molar-refractivity contribution in [1.82, 2.24) is 10.2 Å². The lowest BCUT2D eigenvalue weighted by atomic mass is 9.95. The summed E-state index contributed by atoms with van der Waals surface area (Å²) in [5.74, 6) is 0.775. The molecule has 0 saturated carbocycles. The van der Waals surface area contributed by atoms with Crippen LogP contribution in [0.5, 0.6) is 0 Å². The Bertz CT molecular complexity index is 162. The zero-order valence-electron chi connectivity index (χ0n) is 10.9. The summed E-state index contributed by atoms with van der Waals surface area (Å²) < 4.78 is 0. The lowest BCUT2D eigenvalue weighted by Crippen LogP contribution is -2.51. The van der Waals surface area contributed by atoms with E-state index in [0.29, 0.717) is 0 Å². The minimum Gasteiger partial charge on any atom is -0.315 e. The first-order chi connectivity index (χ1) is 7.20. The Labute approximate surface area is 95.4 Å². The van der Waals surface area contributed by atoms with Crippen molar-refractivity contribution in [2.75, 3.05) is 19.6 Å². The third-order valence-corrected chi connectivity index (χ3v) is 3.72. The minimum absolute atomic E-state index is 0.764. The van der Waals surface area contributed by atoms with Crippen molar-refractivity contribution in [2.24, 2.45) is 5.92 Å². The second kappa shape index (κ2) is 6.49. The second-order valence-corrected chi connectivity index (χ2v) is 5.05. The maximum Gasteiger partial charge on any atom is 0.0224 e. The van der Waals surface area contributed by atoms with E-state index in [2.05, 4.69) is 37.9 Å². The summed E-state index contributed by atoms with van der Waals surface area (Å²) >= 11 is 0. The molecule has 0 spiro atoms. The molecule has 0 bridgehead atoms. The van der Waals surface area contributed by atoms with Gasteiger partial charge in [-0.15, -0.1) is 0 Å². The summed E-state index contributed by atoms with van der Waals surface area (Å²) in [5, 5.41) is 3.53. The Morgan fingerprint density at radius 3 is 2.47 bits per heavy atom. The molecule has 0 aromatic carbocycles. The van der Waals surface area contributed by atoms with Crippen LogP contribution in [0.3, 0.4) is 0 Å². The van der Waals surface area contributed by atoms with Gasteiger partial charge in [0.05, 0.1) is 0 Å². The van der Waals surface area contributed by atoms with E-state index in [1.807, 2.05) is 0 Å². The van der Waals surface area contributed by atoms with Gasteiger partial charge >= 0.3 is 0 Å². The highest BCUT2D eigenvalue weighted by Crippen LogP contribution is 2.20. The zero-order chi connectivity index (χ0) is 11.3. The van der Waals surface area contributed by atoms with Crippen molar-refractivity contribution in [3.05, 3.63) is 0 Å². The van der Waals surface area contributed by atoms with Crippen molar-refractivity contribution >= 4 is 0 Å². The van der Waals surface area contributed by atoms with Crippen LogP contribution < -0.4 is 5.32 Å². The average Bonchev–Trinajstić information content (AvgIpc) is 2.26. The number of hydrogen-bond acceptors (Lipinski definition) is 2. The average molecular weight is 212 g/mol. The molecule has 2 atom stereocenters. The van der Waals surface area contributed by atoms with Gasteiger partial charge in [0.15, 0.2) is 0 Å². The number of piperidine rings is 1. The highest BCUT2D eigenvalue weighted by Gasteiger charge is 2.26. The normalized spacial score (nSPS) is 24.8. The van der Waals surface area contributed by atoms with E-state index < -0.39 is 0 Å². The lowest BCUT2D eigenvalue weighted by Gasteiger charge is -2.41. The van der Waals surface area contributed by atoms with Gasteiger partial charge in [-0.05, 0) is 38.3 Å². The predicted molar refractivity (Wildman–Crippen MR) is 67.2 cm³/mol. The van der Waals surface area contributed by atoms with Crippen LogP contribution >= 0.6 is 0 Å². The Morgan fingerprint density at radius 2 is 2.07 bits per heavy atom. The van der Waals surface area contributed by atoms with E-state index in [1.165, 1.54) is 38.9 Å². The van der Waals surface area contributed by atoms with Gasteiger partial charge in [-0.25, -0.2) is 0 Å². The lowest BCUT2D eigenvalue weighted by molar-refractivity contribution is 0.0879. The van der Waals surface area contributed by atoms with Crippen molar-refractivity contribution in [3.8, 4) is 0 Å². The summed E-state index contributed by atoms with van der Waals surface area (Å²) in [5.41, 5.74) is 0. The fourth-order valence-electron chi connectivity index (χ4n) is 2.97. The molecule has 2 nitrogen and oxygen atoms in total. The summed E-state index contributed by atoms with van der Waals surface area (Å²) in [6, 6.07) is 1.54. The van der Waals surface area contributed by atoms with Crippen molar-refractivity contribution < 1.29 is 0 Å². The van der Waals surface area contributed by atoms with Crippen molar-refractivity contribution in [3.63, 3.8) is 0 Å². The van der Waals surface area contributed by atoms with Crippen LogP contribution in [0.4, 0.5) is 0 Å². The standard InChI is InChI=1S/C13H28N2/c1-5-13(11(3)4)15(6-2)12-8-7-9-14-10-12/h11-14H,5-10H2,1-4H3. The van der Waals surface area contributed by atoms with Gasteiger partial charge in [-0.2, -0.15) is 0 Å². The Morgan fingerprint density at radius 1 is 1.33 bits per heavy atom. The van der Waals surface area contributed by atoms with E-state index in [9.17, 15) is 0 Å². The number of rotatable bonds is 5. The van der Waals surface area contributed by atoms with Gasteiger partial charge in [-0.3, -0.25) is 4.90 Å². The molecule has 1 N–H and O–H groups in total. The molecule has 1 saturated heterocycles. The summed E-state index contributed by atoms with van der Waals surface area (Å²) in [7, 11) is 0. The van der Waals surface area contributed by atoms with E-state index in [4.69, 9.17) is 0 Å². The molecular formula is C13H28N2. The third kappa shape index (κ3) is 3.46. The van der Waals surface area contributed by atoms with E-state index in [-0.39, 0.29) is 0 Å². The largest absolute Gasteiger partial charge is 0.315 e. The van der Waals surface area contributed by atoms with Gasteiger partial charge in [0.2, 0.25) is 0 Å². The van der Waals surface area contributed by atoms with Crippen LogP contribution in [0.25, 0.3) is 0 Å². The number of nitrogens with one attached hydrogen (secondary N) is 1. The molecule has 0 amide bonds. The van der Waals surface area contributed by atoms with Gasteiger partial charge in [0, 0.05) is 18.6 Å². The molecule has 0 radical (unpaired) electrons. The minimum atomic E-state index is 0.764. The quantitative estimate of drug-likeness (QED) is 0.753. The molecule has 1 heterocycles. The van der Waals surface area contributed by atoms with Gasteiger partial charge < -0.3 is 5.32 Å². The Hall–Kier alpha value is -0.0800. The van der Waals surface area contributed by atoms with Crippen LogP contribution in [0.1, 0.15) is 47.0 Å². The third-order valence-electron chi connectivity index (χ3n) is 3.72. The highest BCUT2D eigenvalue weighted by molar-refractivity contribution is 4.83. The van der Waals surface area contributed by atoms with E-state index >= 15 is 0 Å². The Kier molecular flexibility index (Phi) is 5.62. The van der Waals surface area contributed by atoms with E-state index in [1.54, 1.807) is 0 Å². The van der Waals surface area contributed by atoms with Crippen LogP contribution in [-0.4, -0.2) is 36.6 Å². The molecule has 2 unspecified atom stereocenters. The molecule has 2 heteroatoms. The van der Waals surface area contributed by atoms with Crippen LogP contribution in [0, 0.1) is 5.92 Å². The fraction of sp³-hybridized carbons (Fsp3) is 1.00. The molecular weight excluding hydrogens is 184 g/mol. The number of hydrogen-bond donors (Lipinski definition) is 1. The van der Waals surface area contributed by atoms with Gasteiger partial charge in [-0.1, -0.05) is 27.7 Å². The number of nitrogens with zero attached hydrogens (tertiary/aromatic N) is 1. The molecule has 0 aromatic heterocycles. The smallest absolute Gasteiger partial charge is 0.0224 e. The van der Waals surface area contributed by atoms with Crippen LogP contribution in [0.2, 0.25) is 0 Å². The zero-order valence-corrected chi connectivity index (χ0v) is 10.9. The van der Waals surface area contributed by atoms with Crippen LogP contribution in [-0.2, 0) is 0 Å². The maximum absolute atomic E-state index is 3.53. The monoisotopic (exact) mass is 212 g/mol. The molecule has 15 heavy (non-hydrogen) atoms. The SMILES string of the molecule is CCC(C(C)C)N(CC)C1CCCNC1. The topological polar surface area (TPSA) is 15.3 Å². The molecule has 0 aromatic rings. The second-order valence-electron chi connectivity index (χ2n) is 5.05. The van der Waals surface area contributed by atoms with Crippen molar-refractivity contribution in [1.29, 1.82) is 0 Å². The molecule has 1 rings (SSSR count). The first-order valence-electron chi connectivity index (χ1n) is 6.67. The number of likely N-dealkylation sites (N-methyl/N-ethyl adjacent to an activating group) is 1. The summed E-state index contributed by atoms with van der Waals surface area (Å²) in [4.78, 5) is 2.72. The summed E-state index contributed by atoms with van der Waals surface area (Å²) in [6.07, 6.45) is 4.00. The Balaban J connectivity index is 2.58. The predicted octanol–water partition coefficient (Wildman–Crippen LogP) is 2.49. The summed E-state index contributed by atoms with van der Waals surface area (Å²) in [6.45, 7) is 12.9. The maximum atomic E-state index is 3.53. The van der Waals surface area contributed by atoms with Gasteiger partial charge in [0.25, 0.3) is 0 Å². The molecule has 0 aliphatic carbocycles. The molecule has 1 aliphatic heterocycles. The molecule has 1 fully saturated rings. The molecule has 1 aliphatic rings. The highest BCUT2D eigenvalue weighted by atomic mass is 15.2. The van der Waals surface area contributed by atoms with E-state index in [0.717, 1.165) is 18.0 Å². The first kappa shape index (κ1) is 13.0. The fourth-order valence-corrected chi connectivity index (χ4v) is 2.97.